The normalized spacial score (nSPS) is 18.0. The van der Waals surface area contributed by atoms with Crippen molar-refractivity contribution in [2.75, 3.05) is 20.6 Å². The minimum absolute atomic E-state index is 0.0766. The van der Waals surface area contributed by atoms with E-state index in [1.54, 1.807) is 6.92 Å². The smallest absolute Gasteiger partial charge is 0.419 e. The molecule has 13 heteroatoms. The van der Waals surface area contributed by atoms with Gasteiger partial charge in [0, 0.05) is 11.8 Å². The van der Waals surface area contributed by atoms with Crippen LogP contribution in [-0.4, -0.2) is 52.1 Å². The molecule has 0 unspecified atom stereocenters. The Bertz CT molecular complexity index is 1690. The summed E-state index contributed by atoms with van der Waals surface area (Å²) in [5, 5.41) is 12.2. The summed E-state index contributed by atoms with van der Waals surface area (Å²) in [6.07, 6.45) is 1.49. The van der Waals surface area contributed by atoms with Gasteiger partial charge in [-0.15, -0.1) is 0 Å². The summed E-state index contributed by atoms with van der Waals surface area (Å²) in [6, 6.07) is 1.29. The van der Waals surface area contributed by atoms with Gasteiger partial charge in [0.05, 0.1) is 29.9 Å². The number of carboxylic acids is 1. The molecule has 8 nitrogen and oxygen atoms in total. The first-order valence-corrected chi connectivity index (χ1v) is 16.1. The van der Waals surface area contributed by atoms with Crippen LogP contribution >= 0.6 is 0 Å². The van der Waals surface area contributed by atoms with Crippen LogP contribution in [0, 0.1) is 18.6 Å². The van der Waals surface area contributed by atoms with E-state index in [1.165, 1.54) is 22.9 Å². The van der Waals surface area contributed by atoms with Crippen molar-refractivity contribution in [2.24, 2.45) is 0 Å². The number of aromatic nitrogens is 2. The highest BCUT2D eigenvalue weighted by atomic mass is 19.4. The molecule has 0 aliphatic carbocycles. The number of alkyl halides is 3. The molecule has 1 amide bonds. The molecule has 2 bridgehead atoms. The molecule has 0 saturated carbocycles. The zero-order valence-electron chi connectivity index (χ0n) is 27.3. The molecule has 1 aromatic heterocycles. The molecule has 260 valence electrons. The molecule has 2 heterocycles. The Kier molecular flexibility index (Phi) is 12.1. The minimum atomic E-state index is -5.17. The fourth-order valence-corrected chi connectivity index (χ4v) is 6.35. The van der Waals surface area contributed by atoms with Crippen molar-refractivity contribution in [3.8, 4) is 11.1 Å². The number of fused-ring (bicyclic) bond motifs is 4. The van der Waals surface area contributed by atoms with E-state index in [2.05, 4.69) is 10.3 Å². The lowest BCUT2D eigenvalue weighted by Crippen LogP contribution is -2.40. The maximum atomic E-state index is 15.9. The van der Waals surface area contributed by atoms with Crippen LogP contribution in [0.3, 0.4) is 0 Å². The van der Waals surface area contributed by atoms with E-state index in [9.17, 15) is 37.1 Å². The van der Waals surface area contributed by atoms with Gasteiger partial charge in [-0.3, -0.25) is 23.9 Å². The molecular weight excluding hydrogens is 635 g/mol. The number of hydrogen-bond donors (Lipinski definition) is 2. The number of halogens is 5. The molecule has 0 spiro atoms. The van der Waals surface area contributed by atoms with Gasteiger partial charge in [-0.2, -0.15) is 13.2 Å². The largest absolute Gasteiger partial charge is 0.481 e. The fourth-order valence-electron chi connectivity index (χ4n) is 6.35. The van der Waals surface area contributed by atoms with Crippen molar-refractivity contribution in [3.05, 3.63) is 86.6 Å². The van der Waals surface area contributed by atoms with Crippen molar-refractivity contribution < 1.29 is 36.6 Å². The molecule has 3 aromatic rings. The first kappa shape index (κ1) is 36.7. The van der Waals surface area contributed by atoms with E-state index in [-0.39, 0.29) is 12.0 Å². The molecule has 0 radical (unpaired) electrons. The van der Waals surface area contributed by atoms with Gasteiger partial charge in [0.1, 0.15) is 17.7 Å². The second-order valence-electron chi connectivity index (χ2n) is 12.7. The number of amides is 1. The number of aliphatic carboxylic acids is 1. The number of carboxylic acid groups (broad SMARTS) is 1. The SMILES string of the molecule is Cc1cc(F)cc2c1-c1cc(c(F)c(C(F)(F)F)c1)[C@H](CC(=O)O)NC(=O)[C@@H](n1cc(CCCN(C)C)ncc1=O)CCCCCCC2. The number of rotatable bonds is 7. The second kappa shape index (κ2) is 15.8. The maximum Gasteiger partial charge on any atom is 0.419 e. The number of nitrogens with one attached hydrogen (secondary N) is 1. The second-order valence-corrected chi connectivity index (χ2v) is 12.7. The van der Waals surface area contributed by atoms with E-state index in [0.717, 1.165) is 38.1 Å². The maximum absolute atomic E-state index is 15.9. The lowest BCUT2D eigenvalue weighted by Gasteiger charge is -2.26. The van der Waals surface area contributed by atoms with Crippen LogP contribution in [0.5, 0.6) is 0 Å². The number of nitrogens with zero attached hydrogens (tertiary/aromatic N) is 3. The summed E-state index contributed by atoms with van der Waals surface area (Å²) < 4.78 is 74.5. The first-order valence-electron chi connectivity index (χ1n) is 16.1. The number of carbonyl (C=O) groups is 2. The van der Waals surface area contributed by atoms with Crippen LogP contribution in [-0.2, 0) is 28.6 Å². The fraction of sp³-hybridized carbons (Fsp3) is 0.486. The van der Waals surface area contributed by atoms with Gasteiger partial charge in [0.15, 0.2) is 0 Å². The number of hydrogen-bond acceptors (Lipinski definition) is 5. The topological polar surface area (TPSA) is 105 Å². The van der Waals surface area contributed by atoms with Crippen molar-refractivity contribution in [3.63, 3.8) is 0 Å². The van der Waals surface area contributed by atoms with Gasteiger partial charge in [-0.1, -0.05) is 25.7 Å². The molecule has 0 fully saturated rings. The van der Waals surface area contributed by atoms with Crippen molar-refractivity contribution in [1.29, 1.82) is 0 Å². The summed E-state index contributed by atoms with van der Waals surface area (Å²) in [6.45, 7) is 2.30. The third kappa shape index (κ3) is 9.27. The molecule has 0 saturated heterocycles. The average molecular weight is 677 g/mol. The van der Waals surface area contributed by atoms with Crippen LogP contribution in [0.2, 0.25) is 0 Å². The van der Waals surface area contributed by atoms with Crippen molar-refractivity contribution >= 4 is 11.9 Å². The quantitative estimate of drug-likeness (QED) is 0.268. The summed E-state index contributed by atoms with van der Waals surface area (Å²) in [4.78, 5) is 45.2. The average Bonchev–Trinajstić information content (AvgIpc) is 2.98. The summed E-state index contributed by atoms with van der Waals surface area (Å²) in [5.74, 6) is -4.61. The molecule has 48 heavy (non-hydrogen) atoms. The Morgan fingerprint density at radius 1 is 1.06 bits per heavy atom. The number of benzene rings is 2. The van der Waals surface area contributed by atoms with Gasteiger partial charge < -0.3 is 15.3 Å². The van der Waals surface area contributed by atoms with Crippen LogP contribution in [0.25, 0.3) is 11.1 Å². The summed E-state index contributed by atoms with van der Waals surface area (Å²) in [7, 11) is 3.84. The highest BCUT2D eigenvalue weighted by Gasteiger charge is 2.38. The Labute approximate surface area is 276 Å². The number of aryl methyl sites for hydroxylation is 3. The van der Waals surface area contributed by atoms with E-state index in [1.807, 2.05) is 19.0 Å². The van der Waals surface area contributed by atoms with Crippen LogP contribution < -0.4 is 10.9 Å². The third-order valence-corrected chi connectivity index (χ3v) is 8.63. The molecule has 4 rings (SSSR count). The molecule has 2 aromatic carbocycles. The Morgan fingerprint density at radius 2 is 1.77 bits per heavy atom. The van der Waals surface area contributed by atoms with Gasteiger partial charge in [-0.25, -0.2) is 8.78 Å². The van der Waals surface area contributed by atoms with Crippen LogP contribution in [0.15, 0.2) is 41.5 Å². The third-order valence-electron chi connectivity index (χ3n) is 8.63. The van der Waals surface area contributed by atoms with Crippen LogP contribution in [0.1, 0.15) is 91.4 Å². The zero-order valence-corrected chi connectivity index (χ0v) is 27.3. The lowest BCUT2D eigenvalue weighted by molar-refractivity contribution is -0.140. The van der Waals surface area contributed by atoms with Crippen LogP contribution in [0.4, 0.5) is 22.0 Å². The molecule has 1 aliphatic heterocycles. The Hall–Kier alpha value is -4.13. The van der Waals surface area contributed by atoms with Crippen molar-refractivity contribution in [2.45, 2.75) is 89.4 Å². The summed E-state index contributed by atoms with van der Waals surface area (Å²) in [5.41, 5.74) is -1.36. The predicted octanol–water partition coefficient (Wildman–Crippen LogP) is 6.78. The molecular formula is C35H41F5N4O4. The highest BCUT2D eigenvalue weighted by molar-refractivity contribution is 5.82. The molecule has 2 N–H and O–H groups in total. The van der Waals surface area contributed by atoms with Crippen molar-refractivity contribution in [1.82, 2.24) is 19.8 Å². The van der Waals surface area contributed by atoms with Gasteiger partial charge in [0.25, 0.3) is 5.56 Å². The highest BCUT2D eigenvalue weighted by Crippen LogP contribution is 2.40. The molecule has 2 atom stereocenters. The van der Waals surface area contributed by atoms with E-state index in [0.29, 0.717) is 60.6 Å². The van der Waals surface area contributed by atoms with E-state index < -0.39 is 64.9 Å². The minimum Gasteiger partial charge on any atom is -0.481 e. The zero-order chi connectivity index (χ0) is 35.2. The standard InChI is InChI=1S/C35H41F5N4O4/c1-21-14-24(36)15-22-10-7-5-4-6-8-12-29(44-20-25(41-19-30(44)45)11-9-13-43(2)3)34(48)42-28(18-31(46)47)26-16-23(32(21)22)17-27(33(26)37)35(38,39)40/h14-17,19-20,28-29H,4-13,18H2,1-3H3,(H,42,48)(H,46,47)/t28-,29-/m0/s1. The van der Waals surface area contributed by atoms with Gasteiger partial charge >= 0.3 is 12.1 Å². The Morgan fingerprint density at radius 3 is 2.46 bits per heavy atom. The predicted molar refractivity (Wildman–Crippen MR) is 170 cm³/mol. The lowest BCUT2D eigenvalue weighted by atomic mass is 9.87. The first-order chi connectivity index (χ1) is 22.6. The molecule has 1 aliphatic rings. The van der Waals surface area contributed by atoms with E-state index >= 15 is 4.39 Å². The van der Waals surface area contributed by atoms with Gasteiger partial charge in [0.2, 0.25) is 5.91 Å². The monoisotopic (exact) mass is 676 g/mol. The number of carbonyl (C=O) groups excluding carboxylic acids is 1. The Balaban J connectivity index is 1.87. The summed E-state index contributed by atoms with van der Waals surface area (Å²) >= 11 is 0. The van der Waals surface area contributed by atoms with E-state index in [4.69, 9.17) is 0 Å². The van der Waals surface area contributed by atoms with Gasteiger partial charge in [-0.05, 0) is 106 Å².